The van der Waals surface area contributed by atoms with Crippen molar-refractivity contribution < 1.29 is 24.2 Å². The van der Waals surface area contributed by atoms with E-state index in [2.05, 4.69) is 0 Å². The SMILES string of the molecule is COCCN(C(=O)N1CCOC(CC(=O)O)C1)C1CC1. The highest BCUT2D eigenvalue weighted by molar-refractivity contribution is 5.75. The number of methoxy groups -OCH3 is 1. The van der Waals surface area contributed by atoms with Crippen LogP contribution in [0.3, 0.4) is 0 Å². The third-order valence-corrected chi connectivity index (χ3v) is 3.58. The molecule has 20 heavy (non-hydrogen) atoms. The molecular weight excluding hydrogens is 264 g/mol. The zero-order valence-electron chi connectivity index (χ0n) is 11.8. The lowest BCUT2D eigenvalue weighted by molar-refractivity contribution is -0.141. The third-order valence-electron chi connectivity index (χ3n) is 3.58. The molecule has 1 unspecified atom stereocenters. The average molecular weight is 286 g/mol. The lowest BCUT2D eigenvalue weighted by Gasteiger charge is -2.36. The number of rotatable bonds is 6. The van der Waals surface area contributed by atoms with E-state index in [1.54, 1.807) is 12.0 Å². The first-order valence-electron chi connectivity index (χ1n) is 6.99. The molecule has 0 spiro atoms. The van der Waals surface area contributed by atoms with E-state index in [1.165, 1.54) is 0 Å². The van der Waals surface area contributed by atoms with Crippen LogP contribution in [0.1, 0.15) is 19.3 Å². The van der Waals surface area contributed by atoms with Gasteiger partial charge < -0.3 is 24.4 Å². The number of nitrogens with zero attached hydrogens (tertiary/aromatic N) is 2. The van der Waals surface area contributed by atoms with Crippen molar-refractivity contribution in [3.63, 3.8) is 0 Å². The first kappa shape index (κ1) is 15.1. The Hall–Kier alpha value is -1.34. The number of carbonyl (C=O) groups excluding carboxylic acids is 1. The maximum absolute atomic E-state index is 12.5. The largest absolute Gasteiger partial charge is 0.481 e. The molecule has 7 nitrogen and oxygen atoms in total. The number of hydrogen-bond donors (Lipinski definition) is 1. The fourth-order valence-corrected chi connectivity index (χ4v) is 2.40. The molecular formula is C13H22N2O5. The Morgan fingerprint density at radius 1 is 1.45 bits per heavy atom. The van der Waals surface area contributed by atoms with Gasteiger partial charge in [-0.1, -0.05) is 0 Å². The molecule has 2 rings (SSSR count). The molecule has 0 radical (unpaired) electrons. The number of carbonyl (C=O) groups is 2. The molecule has 1 saturated heterocycles. The van der Waals surface area contributed by atoms with E-state index in [4.69, 9.17) is 14.6 Å². The van der Waals surface area contributed by atoms with Gasteiger partial charge >= 0.3 is 12.0 Å². The normalized spacial score (nSPS) is 22.6. The summed E-state index contributed by atoms with van der Waals surface area (Å²) in [6.07, 6.45) is 1.61. The van der Waals surface area contributed by atoms with Crippen LogP contribution in [-0.2, 0) is 14.3 Å². The average Bonchev–Trinajstić information content (AvgIpc) is 3.23. The van der Waals surface area contributed by atoms with Gasteiger partial charge in [-0.2, -0.15) is 0 Å². The van der Waals surface area contributed by atoms with Gasteiger partial charge in [0, 0.05) is 32.8 Å². The zero-order chi connectivity index (χ0) is 14.5. The Morgan fingerprint density at radius 2 is 2.20 bits per heavy atom. The van der Waals surface area contributed by atoms with Crippen LogP contribution >= 0.6 is 0 Å². The first-order valence-corrected chi connectivity index (χ1v) is 6.99. The molecule has 1 atom stereocenters. The number of hydrogen-bond acceptors (Lipinski definition) is 4. The first-order chi connectivity index (χ1) is 9.61. The number of carboxylic acids is 1. The highest BCUT2D eigenvalue weighted by Crippen LogP contribution is 2.28. The Labute approximate surface area is 118 Å². The second-order valence-electron chi connectivity index (χ2n) is 5.24. The van der Waals surface area contributed by atoms with Gasteiger partial charge in [-0.3, -0.25) is 4.79 Å². The quantitative estimate of drug-likeness (QED) is 0.764. The van der Waals surface area contributed by atoms with E-state index in [0.717, 1.165) is 12.8 Å². The standard InChI is InChI=1S/C13H22N2O5/c1-19-6-5-15(10-2-3-10)13(18)14-4-7-20-11(9-14)8-12(16)17/h10-11H,2-9H2,1H3,(H,16,17). The second-order valence-corrected chi connectivity index (χ2v) is 5.24. The highest BCUT2D eigenvalue weighted by atomic mass is 16.5. The molecule has 1 heterocycles. The maximum atomic E-state index is 12.5. The predicted molar refractivity (Wildman–Crippen MR) is 70.6 cm³/mol. The minimum absolute atomic E-state index is 0.0248. The monoisotopic (exact) mass is 286 g/mol. The lowest BCUT2D eigenvalue weighted by Crippen LogP contribution is -2.52. The van der Waals surface area contributed by atoms with E-state index in [0.29, 0.717) is 38.9 Å². The molecule has 1 aliphatic carbocycles. The summed E-state index contributed by atoms with van der Waals surface area (Å²) in [5.74, 6) is -0.900. The summed E-state index contributed by atoms with van der Waals surface area (Å²) in [5.41, 5.74) is 0. The van der Waals surface area contributed by atoms with Crippen LogP contribution in [0, 0.1) is 0 Å². The van der Waals surface area contributed by atoms with Crippen LogP contribution in [0.5, 0.6) is 0 Å². The van der Waals surface area contributed by atoms with Crippen molar-refractivity contribution in [3.8, 4) is 0 Å². The predicted octanol–water partition coefficient (Wildman–Crippen LogP) is 0.393. The van der Waals surface area contributed by atoms with Crippen molar-refractivity contribution in [1.29, 1.82) is 0 Å². The molecule has 1 saturated carbocycles. The van der Waals surface area contributed by atoms with Crippen molar-refractivity contribution in [2.45, 2.75) is 31.4 Å². The summed E-state index contributed by atoms with van der Waals surface area (Å²) in [5, 5.41) is 8.80. The summed E-state index contributed by atoms with van der Waals surface area (Å²) >= 11 is 0. The molecule has 0 aromatic rings. The Morgan fingerprint density at radius 3 is 2.80 bits per heavy atom. The number of amides is 2. The van der Waals surface area contributed by atoms with Crippen molar-refractivity contribution in [2.24, 2.45) is 0 Å². The summed E-state index contributed by atoms with van der Waals surface area (Å²) in [7, 11) is 1.62. The minimum atomic E-state index is -0.900. The maximum Gasteiger partial charge on any atom is 0.320 e. The van der Waals surface area contributed by atoms with Crippen LogP contribution in [-0.4, -0.2) is 79.0 Å². The van der Waals surface area contributed by atoms with E-state index in [-0.39, 0.29) is 12.5 Å². The number of carboxylic acid groups (broad SMARTS) is 1. The molecule has 2 amide bonds. The Bertz CT molecular complexity index is 359. The molecule has 2 fully saturated rings. The zero-order valence-corrected chi connectivity index (χ0v) is 11.8. The number of aliphatic carboxylic acids is 1. The van der Waals surface area contributed by atoms with Crippen LogP contribution in [0.2, 0.25) is 0 Å². The highest BCUT2D eigenvalue weighted by Gasteiger charge is 2.36. The van der Waals surface area contributed by atoms with Crippen molar-refractivity contribution in [1.82, 2.24) is 9.80 Å². The van der Waals surface area contributed by atoms with E-state index in [9.17, 15) is 9.59 Å². The minimum Gasteiger partial charge on any atom is -0.481 e. The fraction of sp³-hybridized carbons (Fsp3) is 0.846. The van der Waals surface area contributed by atoms with Crippen LogP contribution in [0.25, 0.3) is 0 Å². The molecule has 0 aromatic carbocycles. The van der Waals surface area contributed by atoms with Gasteiger partial charge in [0.05, 0.1) is 25.7 Å². The van der Waals surface area contributed by atoms with E-state index >= 15 is 0 Å². The second kappa shape index (κ2) is 6.90. The molecule has 2 aliphatic rings. The van der Waals surface area contributed by atoms with Gasteiger partial charge in [-0.15, -0.1) is 0 Å². The number of urea groups is 1. The van der Waals surface area contributed by atoms with Crippen LogP contribution in [0.4, 0.5) is 4.79 Å². The van der Waals surface area contributed by atoms with Gasteiger partial charge in [0.25, 0.3) is 0 Å². The van der Waals surface area contributed by atoms with Crippen molar-refractivity contribution in [3.05, 3.63) is 0 Å². The van der Waals surface area contributed by atoms with Gasteiger partial charge in [-0.25, -0.2) is 4.79 Å². The Kier molecular flexibility index (Phi) is 5.19. The van der Waals surface area contributed by atoms with Gasteiger partial charge in [0.15, 0.2) is 0 Å². The smallest absolute Gasteiger partial charge is 0.320 e. The molecule has 7 heteroatoms. The van der Waals surface area contributed by atoms with Crippen LogP contribution < -0.4 is 0 Å². The van der Waals surface area contributed by atoms with Gasteiger partial charge in [0.1, 0.15) is 0 Å². The van der Waals surface area contributed by atoms with Crippen LogP contribution in [0.15, 0.2) is 0 Å². The van der Waals surface area contributed by atoms with Crippen molar-refractivity contribution >= 4 is 12.0 Å². The molecule has 114 valence electrons. The molecule has 1 aliphatic heterocycles. The topological polar surface area (TPSA) is 79.3 Å². The summed E-state index contributed by atoms with van der Waals surface area (Å²) < 4.78 is 10.4. The lowest BCUT2D eigenvalue weighted by atomic mass is 10.2. The fourth-order valence-electron chi connectivity index (χ4n) is 2.40. The molecule has 1 N–H and O–H groups in total. The van der Waals surface area contributed by atoms with Crippen molar-refractivity contribution in [2.75, 3.05) is 40.0 Å². The summed E-state index contributed by atoms with van der Waals surface area (Å²) in [6.45, 7) is 2.37. The summed E-state index contributed by atoms with van der Waals surface area (Å²) in [6, 6.07) is 0.293. The third kappa shape index (κ3) is 4.08. The van der Waals surface area contributed by atoms with Gasteiger partial charge in [-0.05, 0) is 12.8 Å². The molecule has 0 aromatic heterocycles. The summed E-state index contributed by atoms with van der Waals surface area (Å²) in [4.78, 5) is 26.8. The molecule has 0 bridgehead atoms. The van der Waals surface area contributed by atoms with Gasteiger partial charge in [0.2, 0.25) is 0 Å². The Balaban J connectivity index is 1.90. The number of morpholine rings is 1. The van der Waals surface area contributed by atoms with E-state index < -0.39 is 12.1 Å². The van der Waals surface area contributed by atoms with E-state index in [1.807, 2.05) is 4.90 Å². The number of ether oxygens (including phenoxy) is 2.